The predicted octanol–water partition coefficient (Wildman–Crippen LogP) is 3.17. The molecule has 0 radical (unpaired) electrons. The molecule has 172 valence electrons. The molecule has 0 atom stereocenters. The number of carbonyl (C=O) groups excluding carboxylic acids is 1. The van der Waals surface area contributed by atoms with Gasteiger partial charge in [-0.3, -0.25) is 0 Å². The van der Waals surface area contributed by atoms with Crippen LogP contribution in [0.2, 0.25) is 0 Å². The van der Waals surface area contributed by atoms with Gasteiger partial charge >= 0.3 is 16.1 Å². The Bertz CT molecular complexity index is 946. The van der Waals surface area contributed by atoms with Gasteiger partial charge in [0, 0.05) is 17.3 Å². The molecule has 31 heavy (non-hydrogen) atoms. The molecule has 0 fully saturated rings. The molecule has 0 aliphatic carbocycles. The number of carbonyl (C=O) groups is 1. The highest BCUT2D eigenvalue weighted by Crippen LogP contribution is 2.53. The third-order valence-electron chi connectivity index (χ3n) is 4.43. The molecular formula is C22H30O7S2. The zero-order valence-corrected chi connectivity index (χ0v) is 19.6. The predicted molar refractivity (Wildman–Crippen MR) is 122 cm³/mol. The largest absolute Gasteiger partial charge is 0.459 e. The highest BCUT2D eigenvalue weighted by molar-refractivity contribution is 8.32. The van der Waals surface area contributed by atoms with Gasteiger partial charge < -0.3 is 14.9 Å². The van der Waals surface area contributed by atoms with Crippen LogP contribution in [0.1, 0.15) is 35.3 Å². The quantitative estimate of drug-likeness (QED) is 0.485. The van der Waals surface area contributed by atoms with Crippen LogP contribution in [0.3, 0.4) is 0 Å². The van der Waals surface area contributed by atoms with E-state index in [1.54, 1.807) is 50.2 Å². The molecule has 0 amide bonds. The Morgan fingerprint density at radius 1 is 0.935 bits per heavy atom. The molecule has 0 spiro atoms. The van der Waals surface area contributed by atoms with E-state index in [1.807, 2.05) is 6.92 Å². The molecule has 0 saturated heterocycles. The molecule has 7 nitrogen and oxygen atoms in total. The lowest BCUT2D eigenvalue weighted by Gasteiger charge is -2.37. The van der Waals surface area contributed by atoms with Crippen LogP contribution in [0.5, 0.6) is 0 Å². The van der Waals surface area contributed by atoms with Crippen molar-refractivity contribution in [3.63, 3.8) is 0 Å². The van der Waals surface area contributed by atoms with Gasteiger partial charge in [-0.25, -0.2) is 8.42 Å². The maximum atomic E-state index is 12.9. The van der Waals surface area contributed by atoms with Crippen LogP contribution < -0.4 is 0 Å². The van der Waals surface area contributed by atoms with Gasteiger partial charge in [0.05, 0.1) is 29.8 Å². The topological polar surface area (TPSA) is 110 Å². The first kappa shape index (κ1) is 25.4. The minimum absolute atomic E-state index is 0.0256. The Morgan fingerprint density at radius 3 is 1.97 bits per heavy atom. The van der Waals surface area contributed by atoms with Crippen LogP contribution in [0.25, 0.3) is 0 Å². The summed E-state index contributed by atoms with van der Waals surface area (Å²) in [5, 5.41) is 19.2. The standard InChI is InChI=1S/C22H30O7S2/c1-17(2)28-22(25)20-8-6-19(7-9-20)16-30(14-12-23,15-13-24)29-31(26,27)21-10-4-18(3)5-11-21/h4-11,17,23-24H,12-16H2,1-3H3. The summed E-state index contributed by atoms with van der Waals surface area (Å²) >= 11 is 0. The average Bonchev–Trinajstić information content (AvgIpc) is 2.68. The summed E-state index contributed by atoms with van der Waals surface area (Å²) in [4.78, 5) is 12.1. The normalized spacial score (nSPS) is 12.7. The molecular weight excluding hydrogens is 440 g/mol. The van der Waals surface area contributed by atoms with Crippen molar-refractivity contribution in [2.24, 2.45) is 0 Å². The summed E-state index contributed by atoms with van der Waals surface area (Å²) in [6, 6.07) is 12.9. The lowest BCUT2D eigenvalue weighted by Crippen LogP contribution is -2.23. The van der Waals surface area contributed by atoms with Crippen LogP contribution in [0.15, 0.2) is 53.4 Å². The lowest BCUT2D eigenvalue weighted by molar-refractivity contribution is 0.0378. The Hall–Kier alpha value is -1.91. The van der Waals surface area contributed by atoms with Crippen molar-refractivity contribution in [2.45, 2.75) is 37.5 Å². The van der Waals surface area contributed by atoms with Crippen molar-refractivity contribution in [1.29, 1.82) is 0 Å². The lowest BCUT2D eigenvalue weighted by atomic mass is 10.1. The molecule has 2 aromatic rings. The Labute approximate surface area is 185 Å². The van der Waals surface area contributed by atoms with E-state index in [1.165, 1.54) is 12.1 Å². The molecule has 0 heterocycles. The maximum absolute atomic E-state index is 12.9. The van der Waals surface area contributed by atoms with Crippen molar-refractivity contribution >= 4 is 26.4 Å². The number of hydrogen-bond donors (Lipinski definition) is 2. The molecule has 2 N–H and O–H groups in total. The van der Waals surface area contributed by atoms with Gasteiger partial charge in [0.1, 0.15) is 0 Å². The third kappa shape index (κ3) is 7.33. The molecule has 9 heteroatoms. The van der Waals surface area contributed by atoms with E-state index in [0.717, 1.165) is 11.1 Å². The summed E-state index contributed by atoms with van der Waals surface area (Å²) in [5.74, 6) is -0.0475. The molecule has 0 saturated carbocycles. The molecule has 2 rings (SSSR count). The molecule has 2 aromatic carbocycles. The van der Waals surface area contributed by atoms with Gasteiger partial charge in [0.2, 0.25) is 0 Å². The van der Waals surface area contributed by atoms with Gasteiger partial charge in [0.15, 0.2) is 0 Å². The third-order valence-corrected chi connectivity index (χ3v) is 9.87. The molecule has 0 aromatic heterocycles. The number of rotatable bonds is 11. The van der Waals surface area contributed by atoms with Gasteiger partial charge in [-0.15, -0.1) is 10.3 Å². The Morgan fingerprint density at radius 2 is 1.48 bits per heavy atom. The number of aliphatic hydroxyl groups is 2. The molecule has 0 aliphatic rings. The minimum Gasteiger partial charge on any atom is -0.459 e. The summed E-state index contributed by atoms with van der Waals surface area (Å²) in [7, 11) is -6.52. The zero-order chi connectivity index (χ0) is 23.1. The first-order chi connectivity index (χ1) is 14.6. The second-order valence-electron chi connectivity index (χ2n) is 7.45. The number of aliphatic hydroxyl groups excluding tert-OH is 2. The SMILES string of the molecule is Cc1ccc(S(=O)(=O)OS(CCO)(CCO)Cc2ccc(C(=O)OC(C)C)cc2)cc1. The zero-order valence-electron chi connectivity index (χ0n) is 18.0. The monoisotopic (exact) mass is 470 g/mol. The van der Waals surface area contributed by atoms with Crippen molar-refractivity contribution in [3.8, 4) is 0 Å². The summed E-state index contributed by atoms with van der Waals surface area (Å²) < 4.78 is 36.7. The highest BCUT2D eigenvalue weighted by Gasteiger charge is 2.32. The fraction of sp³-hybridized carbons (Fsp3) is 0.409. The van der Waals surface area contributed by atoms with Gasteiger partial charge in [-0.1, -0.05) is 29.8 Å². The van der Waals surface area contributed by atoms with Crippen molar-refractivity contribution in [3.05, 3.63) is 65.2 Å². The van der Waals surface area contributed by atoms with E-state index in [-0.39, 0.29) is 41.5 Å². The van der Waals surface area contributed by atoms with Gasteiger partial charge in [-0.05, 0) is 50.6 Å². The highest BCUT2D eigenvalue weighted by atomic mass is 32.3. The number of hydrogen-bond acceptors (Lipinski definition) is 7. The van der Waals surface area contributed by atoms with E-state index in [4.69, 9.17) is 8.37 Å². The maximum Gasteiger partial charge on any atom is 0.338 e. The first-order valence-electron chi connectivity index (χ1n) is 9.91. The number of esters is 1. The molecule has 0 aliphatic heterocycles. The number of benzene rings is 2. The van der Waals surface area contributed by atoms with Crippen LogP contribution in [0, 0.1) is 6.92 Å². The summed E-state index contributed by atoms with van der Waals surface area (Å²) in [5.41, 5.74) is 2.03. The second-order valence-corrected chi connectivity index (χ2v) is 12.4. The molecule has 0 bridgehead atoms. The first-order valence-corrected chi connectivity index (χ1v) is 13.4. The summed E-state index contributed by atoms with van der Waals surface area (Å²) in [6.07, 6.45) is -0.237. The van der Waals surface area contributed by atoms with Crippen LogP contribution in [-0.4, -0.2) is 55.4 Å². The van der Waals surface area contributed by atoms with Crippen molar-refractivity contribution < 1.29 is 31.8 Å². The van der Waals surface area contributed by atoms with Crippen molar-refractivity contribution in [1.82, 2.24) is 0 Å². The smallest absolute Gasteiger partial charge is 0.338 e. The van der Waals surface area contributed by atoms with E-state index in [9.17, 15) is 23.4 Å². The fourth-order valence-electron chi connectivity index (χ4n) is 2.93. The number of ether oxygens (including phenoxy) is 1. The minimum atomic E-state index is -4.09. The van der Waals surface area contributed by atoms with Gasteiger partial charge in [0.25, 0.3) is 0 Å². The van der Waals surface area contributed by atoms with E-state index < -0.39 is 26.4 Å². The Balaban J connectivity index is 2.30. The van der Waals surface area contributed by atoms with Gasteiger partial charge in [-0.2, -0.15) is 8.42 Å². The van der Waals surface area contributed by atoms with E-state index in [2.05, 4.69) is 0 Å². The van der Waals surface area contributed by atoms with Crippen LogP contribution in [0.4, 0.5) is 0 Å². The van der Waals surface area contributed by atoms with E-state index in [0.29, 0.717) is 5.56 Å². The van der Waals surface area contributed by atoms with E-state index >= 15 is 0 Å². The summed E-state index contributed by atoms with van der Waals surface area (Å²) in [6.45, 7) is 4.82. The second kappa shape index (κ2) is 11.1. The number of aryl methyl sites for hydroxylation is 1. The molecule has 0 unspecified atom stereocenters. The Kier molecular flexibility index (Phi) is 9.08. The van der Waals surface area contributed by atoms with Crippen LogP contribution >= 0.6 is 10.3 Å². The fourth-order valence-corrected chi connectivity index (χ4v) is 7.93. The average molecular weight is 471 g/mol. The van der Waals surface area contributed by atoms with Crippen LogP contribution in [-0.2, 0) is 24.2 Å². The van der Waals surface area contributed by atoms with Crippen molar-refractivity contribution in [2.75, 3.05) is 24.7 Å².